The van der Waals surface area contributed by atoms with Gasteiger partial charge in [0.05, 0.1) is 0 Å². The summed E-state index contributed by atoms with van der Waals surface area (Å²) in [5.74, 6) is -0.891. The lowest BCUT2D eigenvalue weighted by Gasteiger charge is -2.18. The molecule has 1 atom stereocenters. The highest BCUT2D eigenvalue weighted by Crippen LogP contribution is 2.16. The van der Waals surface area contributed by atoms with Crippen molar-refractivity contribution in [3.63, 3.8) is 0 Å². The molecule has 1 unspecified atom stereocenters. The Kier molecular flexibility index (Phi) is 55.8. The number of carbonyl (C=O) groups is 3. The highest BCUT2D eigenvalue weighted by atomic mass is 16.6. The molecule has 0 heterocycles. The molecule has 0 N–H and O–H groups in total. The SMILES string of the molecule is CC/C=C\C/C=C\C/C=C\C/C=C\CCCCCCCCCCCCCCCCC(=O)OCC(COC(=O)CCCCCCC/C=C\CCC)OC(=O)CCCCCCC/C=C\CCCCCCCC. The molecule has 0 fully saturated rings. The maximum Gasteiger partial charge on any atom is 0.306 e. The first-order valence-corrected chi connectivity index (χ1v) is 29.9. The average Bonchev–Trinajstić information content (AvgIpc) is 3.36. The lowest BCUT2D eigenvalue weighted by Crippen LogP contribution is -2.30. The van der Waals surface area contributed by atoms with Gasteiger partial charge in [-0.25, -0.2) is 0 Å². The van der Waals surface area contributed by atoms with Crippen molar-refractivity contribution in [2.24, 2.45) is 0 Å². The van der Waals surface area contributed by atoms with E-state index < -0.39 is 6.10 Å². The zero-order valence-electron chi connectivity index (χ0n) is 46.3. The quantitative estimate of drug-likeness (QED) is 0.0261. The molecule has 0 radical (unpaired) electrons. The third-order valence-electron chi connectivity index (χ3n) is 12.9. The van der Waals surface area contributed by atoms with E-state index in [4.69, 9.17) is 14.2 Å². The molecule has 0 saturated carbocycles. The zero-order valence-corrected chi connectivity index (χ0v) is 46.3. The van der Waals surface area contributed by atoms with Crippen molar-refractivity contribution in [1.29, 1.82) is 0 Å². The summed E-state index contributed by atoms with van der Waals surface area (Å²) in [5.41, 5.74) is 0. The van der Waals surface area contributed by atoms with Gasteiger partial charge in [0.2, 0.25) is 0 Å². The summed E-state index contributed by atoms with van der Waals surface area (Å²) in [5, 5.41) is 0. The Labute approximate surface area is 433 Å². The second-order valence-electron chi connectivity index (χ2n) is 19.9. The van der Waals surface area contributed by atoms with E-state index >= 15 is 0 Å². The number of unbranched alkanes of at least 4 members (excludes halogenated alkanes) is 31. The number of allylic oxidation sites excluding steroid dienone is 12. The van der Waals surface area contributed by atoms with Gasteiger partial charge in [0.25, 0.3) is 0 Å². The standard InChI is InChI=1S/C64H112O6/c1-4-7-10-13-16-19-22-24-26-27-28-29-30-31-32-33-34-35-36-37-39-40-42-45-48-51-54-57-63(66)69-60-61(59-68-62(65)56-53-50-47-44-21-18-15-12-9-6-3)70-64(67)58-55-52-49-46-43-41-38-25-23-20-17-14-11-8-5-2/h7,10,12,15-16,19,24-26,28-29,38,61H,4-6,8-9,11,13-14,17-18,20-23,27,30-37,39-60H2,1-3H3/b10-7-,15-12-,19-16-,26-24-,29-28-,38-25-. The van der Waals surface area contributed by atoms with Gasteiger partial charge >= 0.3 is 17.9 Å². The molecule has 0 aromatic heterocycles. The van der Waals surface area contributed by atoms with Crippen molar-refractivity contribution in [2.45, 2.75) is 303 Å². The van der Waals surface area contributed by atoms with E-state index in [0.717, 1.165) is 109 Å². The summed E-state index contributed by atoms with van der Waals surface area (Å²) >= 11 is 0. The van der Waals surface area contributed by atoms with E-state index in [0.29, 0.717) is 19.3 Å². The highest BCUT2D eigenvalue weighted by molar-refractivity contribution is 5.71. The van der Waals surface area contributed by atoms with Gasteiger partial charge in [0.15, 0.2) is 6.10 Å². The van der Waals surface area contributed by atoms with Crippen LogP contribution in [0.2, 0.25) is 0 Å². The summed E-state index contributed by atoms with van der Waals surface area (Å²) in [6.07, 6.45) is 74.8. The molecule has 0 aromatic rings. The Balaban J connectivity index is 4.19. The minimum atomic E-state index is -0.781. The van der Waals surface area contributed by atoms with E-state index in [2.05, 4.69) is 93.7 Å². The van der Waals surface area contributed by atoms with Gasteiger partial charge in [0, 0.05) is 19.3 Å². The smallest absolute Gasteiger partial charge is 0.306 e. The Bertz CT molecular complexity index is 1310. The molecule has 0 amide bonds. The Morgan fingerprint density at radius 1 is 0.300 bits per heavy atom. The summed E-state index contributed by atoms with van der Waals surface area (Å²) < 4.78 is 16.8. The fourth-order valence-corrected chi connectivity index (χ4v) is 8.43. The van der Waals surface area contributed by atoms with Crippen LogP contribution < -0.4 is 0 Å². The number of hydrogen-bond donors (Lipinski definition) is 0. The van der Waals surface area contributed by atoms with Crippen LogP contribution in [0, 0.1) is 0 Å². The van der Waals surface area contributed by atoms with Crippen LogP contribution in [0.4, 0.5) is 0 Å². The van der Waals surface area contributed by atoms with Gasteiger partial charge in [-0.05, 0) is 103 Å². The molecule has 0 spiro atoms. The minimum absolute atomic E-state index is 0.0798. The third kappa shape index (κ3) is 55.8. The van der Waals surface area contributed by atoms with Gasteiger partial charge in [-0.1, -0.05) is 248 Å². The fraction of sp³-hybridized carbons (Fsp3) is 0.766. The highest BCUT2D eigenvalue weighted by Gasteiger charge is 2.19. The molecule has 0 saturated heterocycles. The van der Waals surface area contributed by atoms with Crippen LogP contribution >= 0.6 is 0 Å². The van der Waals surface area contributed by atoms with E-state index in [1.165, 1.54) is 148 Å². The number of ether oxygens (including phenoxy) is 3. The first-order valence-electron chi connectivity index (χ1n) is 29.9. The van der Waals surface area contributed by atoms with E-state index in [1.54, 1.807) is 0 Å². The molecule has 0 aliphatic carbocycles. The molecule has 0 bridgehead atoms. The zero-order chi connectivity index (χ0) is 50.7. The summed E-state index contributed by atoms with van der Waals surface area (Å²) in [4.78, 5) is 38.1. The van der Waals surface area contributed by atoms with Crippen LogP contribution in [0.25, 0.3) is 0 Å². The molecule has 0 aliphatic rings. The van der Waals surface area contributed by atoms with Gasteiger partial charge < -0.3 is 14.2 Å². The van der Waals surface area contributed by atoms with Crippen molar-refractivity contribution in [1.82, 2.24) is 0 Å². The van der Waals surface area contributed by atoms with Crippen LogP contribution in [0.1, 0.15) is 297 Å². The third-order valence-corrected chi connectivity index (χ3v) is 12.9. The van der Waals surface area contributed by atoms with Crippen LogP contribution in [0.5, 0.6) is 0 Å². The molecule has 0 aliphatic heterocycles. The largest absolute Gasteiger partial charge is 0.462 e. The van der Waals surface area contributed by atoms with Crippen LogP contribution in [-0.4, -0.2) is 37.2 Å². The van der Waals surface area contributed by atoms with E-state index in [1.807, 2.05) is 0 Å². The van der Waals surface area contributed by atoms with Gasteiger partial charge in [-0.15, -0.1) is 0 Å². The molecular weight excluding hydrogens is 865 g/mol. The summed E-state index contributed by atoms with van der Waals surface area (Å²) in [6.45, 7) is 6.47. The Morgan fingerprint density at radius 3 is 0.943 bits per heavy atom. The Morgan fingerprint density at radius 2 is 0.586 bits per heavy atom. The molecule has 6 nitrogen and oxygen atoms in total. The van der Waals surface area contributed by atoms with E-state index in [-0.39, 0.29) is 31.1 Å². The first kappa shape index (κ1) is 66.9. The summed E-state index contributed by atoms with van der Waals surface area (Å²) in [6, 6.07) is 0. The second kappa shape index (κ2) is 58.4. The van der Waals surface area contributed by atoms with Crippen molar-refractivity contribution in [3.8, 4) is 0 Å². The summed E-state index contributed by atoms with van der Waals surface area (Å²) in [7, 11) is 0. The van der Waals surface area contributed by atoms with Gasteiger partial charge in [-0.2, -0.15) is 0 Å². The molecule has 404 valence electrons. The topological polar surface area (TPSA) is 78.9 Å². The van der Waals surface area contributed by atoms with Crippen LogP contribution in [0.15, 0.2) is 72.9 Å². The monoisotopic (exact) mass is 977 g/mol. The molecular formula is C64H112O6. The molecule has 0 aromatic carbocycles. The lowest BCUT2D eigenvalue weighted by molar-refractivity contribution is -0.167. The van der Waals surface area contributed by atoms with Crippen molar-refractivity contribution >= 4 is 17.9 Å². The average molecular weight is 978 g/mol. The lowest BCUT2D eigenvalue weighted by atomic mass is 10.0. The molecule has 70 heavy (non-hydrogen) atoms. The fourth-order valence-electron chi connectivity index (χ4n) is 8.43. The predicted octanol–water partition coefficient (Wildman–Crippen LogP) is 20.2. The number of rotatable bonds is 54. The number of hydrogen-bond acceptors (Lipinski definition) is 6. The first-order chi connectivity index (χ1) is 34.5. The van der Waals surface area contributed by atoms with Crippen molar-refractivity contribution < 1.29 is 28.6 Å². The maximum atomic E-state index is 12.8. The second-order valence-corrected chi connectivity index (χ2v) is 19.9. The van der Waals surface area contributed by atoms with Crippen LogP contribution in [0.3, 0.4) is 0 Å². The van der Waals surface area contributed by atoms with Crippen LogP contribution in [-0.2, 0) is 28.6 Å². The predicted molar refractivity (Wildman–Crippen MR) is 302 cm³/mol. The molecule has 6 heteroatoms. The van der Waals surface area contributed by atoms with Crippen molar-refractivity contribution in [3.05, 3.63) is 72.9 Å². The number of esters is 3. The normalized spacial score (nSPS) is 12.6. The van der Waals surface area contributed by atoms with Gasteiger partial charge in [0.1, 0.15) is 13.2 Å². The minimum Gasteiger partial charge on any atom is -0.462 e. The number of carbonyl (C=O) groups excluding carboxylic acids is 3. The Hall–Kier alpha value is -3.15. The van der Waals surface area contributed by atoms with Crippen molar-refractivity contribution in [2.75, 3.05) is 13.2 Å². The molecule has 0 rings (SSSR count). The van der Waals surface area contributed by atoms with E-state index in [9.17, 15) is 14.4 Å². The van der Waals surface area contributed by atoms with Gasteiger partial charge in [-0.3, -0.25) is 14.4 Å². The maximum absolute atomic E-state index is 12.8.